The molecule has 1 N–H and O–H groups in total. The van der Waals surface area contributed by atoms with E-state index in [0.29, 0.717) is 18.1 Å². The van der Waals surface area contributed by atoms with Crippen LogP contribution in [0.4, 0.5) is 0 Å². The van der Waals surface area contributed by atoms with Crippen molar-refractivity contribution < 1.29 is 0 Å². The fraction of sp³-hybridized carbons (Fsp3) is 0.667. The molecule has 0 bridgehead atoms. The average Bonchev–Trinajstić information content (AvgIpc) is 2.43. The van der Waals surface area contributed by atoms with Crippen LogP contribution in [-0.4, -0.2) is 30.1 Å². The van der Waals surface area contributed by atoms with Gasteiger partial charge in [0, 0.05) is 31.2 Å². The summed E-state index contributed by atoms with van der Waals surface area (Å²) in [4.78, 5) is 2.67. The van der Waals surface area contributed by atoms with E-state index in [1.165, 1.54) is 43.5 Å². The zero-order valence-corrected chi connectivity index (χ0v) is 13.5. The molecular weight excluding hydrogens is 244 g/mol. The Hall–Kier alpha value is -0.860. The van der Waals surface area contributed by atoms with Crippen molar-refractivity contribution in [3.8, 4) is 0 Å². The highest BCUT2D eigenvalue weighted by Crippen LogP contribution is 2.25. The molecule has 0 saturated carbocycles. The summed E-state index contributed by atoms with van der Waals surface area (Å²) in [5.74, 6) is 0. The molecule has 3 atom stereocenters. The summed E-state index contributed by atoms with van der Waals surface area (Å²) in [6.07, 6.45) is 3.74. The molecule has 1 fully saturated rings. The van der Waals surface area contributed by atoms with E-state index in [2.05, 4.69) is 62.2 Å². The summed E-state index contributed by atoms with van der Waals surface area (Å²) in [5.41, 5.74) is 2.90. The van der Waals surface area contributed by atoms with E-state index in [1.54, 1.807) is 0 Å². The van der Waals surface area contributed by atoms with E-state index in [-0.39, 0.29) is 0 Å². The van der Waals surface area contributed by atoms with Crippen LogP contribution < -0.4 is 5.32 Å². The summed E-state index contributed by atoms with van der Waals surface area (Å²) >= 11 is 0. The molecule has 3 unspecified atom stereocenters. The van der Waals surface area contributed by atoms with Gasteiger partial charge in [-0.15, -0.1) is 0 Å². The van der Waals surface area contributed by atoms with Crippen molar-refractivity contribution in [1.82, 2.24) is 10.2 Å². The van der Waals surface area contributed by atoms with Crippen LogP contribution in [-0.2, 0) is 0 Å². The summed E-state index contributed by atoms with van der Waals surface area (Å²) in [5, 5.41) is 3.75. The number of nitrogens with zero attached hydrogens (tertiary/aromatic N) is 1. The number of benzene rings is 1. The highest BCUT2D eigenvalue weighted by Gasteiger charge is 2.22. The first kappa shape index (κ1) is 15.5. The quantitative estimate of drug-likeness (QED) is 0.899. The highest BCUT2D eigenvalue weighted by molar-refractivity contribution is 5.28. The topological polar surface area (TPSA) is 15.3 Å². The first-order chi connectivity index (χ1) is 9.61. The van der Waals surface area contributed by atoms with Crippen molar-refractivity contribution in [3.05, 3.63) is 35.4 Å². The molecule has 112 valence electrons. The molecule has 0 aliphatic carbocycles. The Morgan fingerprint density at radius 1 is 1.25 bits per heavy atom. The Kier molecular flexibility index (Phi) is 5.62. The molecule has 1 heterocycles. The summed E-state index contributed by atoms with van der Waals surface area (Å²) in [6, 6.07) is 10.7. The molecule has 1 saturated heterocycles. The van der Waals surface area contributed by atoms with Gasteiger partial charge in [0.25, 0.3) is 0 Å². The van der Waals surface area contributed by atoms with E-state index in [0.717, 1.165) is 0 Å². The molecule has 2 rings (SSSR count). The predicted octanol–water partition coefficient (Wildman–Crippen LogP) is 3.91. The Labute approximate surface area is 124 Å². The maximum atomic E-state index is 3.75. The second kappa shape index (κ2) is 7.24. The van der Waals surface area contributed by atoms with Gasteiger partial charge in [-0.2, -0.15) is 0 Å². The molecule has 2 heteroatoms. The lowest BCUT2D eigenvalue weighted by atomic mass is 9.99. The molecule has 1 aromatic carbocycles. The molecule has 1 aromatic rings. The molecule has 20 heavy (non-hydrogen) atoms. The van der Waals surface area contributed by atoms with Crippen molar-refractivity contribution in [2.24, 2.45) is 0 Å². The SMILES string of the molecule is CCC1CCN(C(C)c2ccccc2C)CCC(C)N1. The minimum Gasteiger partial charge on any atom is -0.311 e. The summed E-state index contributed by atoms with van der Waals surface area (Å²) < 4.78 is 0. The monoisotopic (exact) mass is 274 g/mol. The number of aryl methyl sites for hydroxylation is 1. The Bertz CT molecular complexity index is 416. The summed E-state index contributed by atoms with van der Waals surface area (Å²) in [7, 11) is 0. The molecular formula is C18H30N2. The zero-order valence-electron chi connectivity index (χ0n) is 13.5. The molecule has 1 aliphatic heterocycles. The van der Waals surface area contributed by atoms with Crippen molar-refractivity contribution >= 4 is 0 Å². The molecule has 0 aromatic heterocycles. The first-order valence-electron chi connectivity index (χ1n) is 8.17. The third-order valence-corrected chi connectivity index (χ3v) is 4.81. The Morgan fingerprint density at radius 2 is 1.95 bits per heavy atom. The van der Waals surface area contributed by atoms with Gasteiger partial charge in [0.05, 0.1) is 0 Å². The third-order valence-electron chi connectivity index (χ3n) is 4.81. The van der Waals surface area contributed by atoms with E-state index in [4.69, 9.17) is 0 Å². The lowest BCUT2D eigenvalue weighted by molar-refractivity contribution is 0.168. The van der Waals surface area contributed by atoms with Crippen LogP contribution in [0.25, 0.3) is 0 Å². The highest BCUT2D eigenvalue weighted by atomic mass is 15.2. The van der Waals surface area contributed by atoms with Gasteiger partial charge in [-0.25, -0.2) is 0 Å². The van der Waals surface area contributed by atoms with Gasteiger partial charge in [0.2, 0.25) is 0 Å². The van der Waals surface area contributed by atoms with Crippen LogP contribution in [0.3, 0.4) is 0 Å². The number of nitrogens with one attached hydrogen (secondary N) is 1. The van der Waals surface area contributed by atoms with Crippen LogP contribution in [0.1, 0.15) is 57.2 Å². The normalized spacial score (nSPS) is 26.8. The summed E-state index contributed by atoms with van der Waals surface area (Å²) in [6.45, 7) is 11.6. The number of rotatable bonds is 3. The molecule has 0 spiro atoms. The minimum absolute atomic E-state index is 0.527. The van der Waals surface area contributed by atoms with E-state index >= 15 is 0 Å². The van der Waals surface area contributed by atoms with Crippen LogP contribution in [0.2, 0.25) is 0 Å². The standard InChI is InChI=1S/C18H30N2/c1-5-17-11-13-20(12-10-15(3)19-17)16(4)18-9-7-6-8-14(18)2/h6-9,15-17,19H,5,10-13H2,1-4H3. The van der Waals surface area contributed by atoms with Gasteiger partial charge in [-0.3, -0.25) is 4.90 Å². The van der Waals surface area contributed by atoms with Gasteiger partial charge >= 0.3 is 0 Å². The van der Waals surface area contributed by atoms with Gasteiger partial charge < -0.3 is 5.32 Å². The van der Waals surface area contributed by atoms with E-state index in [9.17, 15) is 0 Å². The zero-order chi connectivity index (χ0) is 14.5. The Morgan fingerprint density at radius 3 is 2.65 bits per heavy atom. The molecule has 2 nitrogen and oxygen atoms in total. The van der Waals surface area contributed by atoms with Gasteiger partial charge in [-0.1, -0.05) is 31.2 Å². The van der Waals surface area contributed by atoms with E-state index < -0.39 is 0 Å². The van der Waals surface area contributed by atoms with Gasteiger partial charge in [0.15, 0.2) is 0 Å². The van der Waals surface area contributed by atoms with Crippen LogP contribution in [0.5, 0.6) is 0 Å². The van der Waals surface area contributed by atoms with Crippen LogP contribution in [0.15, 0.2) is 24.3 Å². The number of hydrogen-bond acceptors (Lipinski definition) is 2. The molecule has 0 radical (unpaired) electrons. The van der Waals surface area contributed by atoms with Crippen molar-refractivity contribution in [2.45, 2.75) is 65.1 Å². The van der Waals surface area contributed by atoms with Gasteiger partial charge in [-0.05, 0) is 51.2 Å². The molecule has 1 aliphatic rings. The second-order valence-corrected chi connectivity index (χ2v) is 6.32. The minimum atomic E-state index is 0.527. The fourth-order valence-electron chi connectivity index (χ4n) is 3.32. The molecule has 0 amide bonds. The first-order valence-corrected chi connectivity index (χ1v) is 8.17. The van der Waals surface area contributed by atoms with Crippen molar-refractivity contribution in [1.29, 1.82) is 0 Å². The lowest BCUT2D eigenvalue weighted by Crippen LogP contribution is -2.44. The fourth-order valence-corrected chi connectivity index (χ4v) is 3.32. The third kappa shape index (κ3) is 3.83. The predicted molar refractivity (Wildman–Crippen MR) is 87.1 cm³/mol. The van der Waals surface area contributed by atoms with Crippen LogP contribution >= 0.6 is 0 Å². The maximum absolute atomic E-state index is 3.75. The smallest absolute Gasteiger partial charge is 0.0322 e. The largest absolute Gasteiger partial charge is 0.311 e. The average molecular weight is 274 g/mol. The van der Waals surface area contributed by atoms with E-state index in [1.807, 2.05) is 0 Å². The van der Waals surface area contributed by atoms with Crippen LogP contribution in [0, 0.1) is 6.92 Å². The Balaban J connectivity index is 2.08. The maximum Gasteiger partial charge on any atom is 0.0322 e. The van der Waals surface area contributed by atoms with Gasteiger partial charge in [0.1, 0.15) is 0 Å². The lowest BCUT2D eigenvalue weighted by Gasteiger charge is -2.36. The van der Waals surface area contributed by atoms with Crippen molar-refractivity contribution in [3.63, 3.8) is 0 Å². The second-order valence-electron chi connectivity index (χ2n) is 6.32. The number of hydrogen-bond donors (Lipinski definition) is 1. The van der Waals surface area contributed by atoms with Crippen molar-refractivity contribution in [2.75, 3.05) is 13.1 Å².